The zero-order chi connectivity index (χ0) is 25.6. The van der Waals surface area contributed by atoms with Gasteiger partial charge in [-0.3, -0.25) is 9.78 Å². The van der Waals surface area contributed by atoms with E-state index in [-0.39, 0.29) is 18.4 Å². The molecule has 1 atom stereocenters. The van der Waals surface area contributed by atoms with Crippen molar-refractivity contribution < 1.29 is 9.21 Å². The molecule has 184 valence electrons. The van der Waals surface area contributed by atoms with E-state index in [2.05, 4.69) is 30.5 Å². The van der Waals surface area contributed by atoms with Crippen LogP contribution in [0.5, 0.6) is 0 Å². The first-order chi connectivity index (χ1) is 17.9. The van der Waals surface area contributed by atoms with E-state index in [1.165, 1.54) is 4.52 Å². The first-order valence-electron chi connectivity index (χ1n) is 11.6. The molecule has 37 heavy (non-hydrogen) atoms. The van der Waals surface area contributed by atoms with Crippen molar-refractivity contribution in [2.45, 2.75) is 25.9 Å². The summed E-state index contributed by atoms with van der Waals surface area (Å²) < 4.78 is 8.46. The summed E-state index contributed by atoms with van der Waals surface area (Å²) in [6, 6.07) is 16.8. The van der Waals surface area contributed by atoms with Crippen LogP contribution in [0.4, 0.5) is 5.95 Å². The third kappa shape index (κ3) is 3.68. The Labute approximate surface area is 211 Å². The number of amides is 1. The molecule has 11 nitrogen and oxygen atoms in total. The maximum absolute atomic E-state index is 13.9. The number of aryl methyl sites for hydroxylation is 1. The van der Waals surface area contributed by atoms with Crippen molar-refractivity contribution >= 4 is 28.5 Å². The number of hydrogen-bond donors (Lipinski definition) is 2. The van der Waals surface area contributed by atoms with Crippen LogP contribution in [0.3, 0.4) is 0 Å². The van der Waals surface area contributed by atoms with Gasteiger partial charge < -0.3 is 15.5 Å². The molecule has 0 fully saturated rings. The highest BCUT2D eigenvalue weighted by molar-refractivity contribution is 5.94. The molecule has 1 unspecified atom stereocenters. The second kappa shape index (κ2) is 8.55. The third-order valence-electron chi connectivity index (χ3n) is 6.37. The summed E-state index contributed by atoms with van der Waals surface area (Å²) in [5.74, 6) is 0.703. The van der Waals surface area contributed by atoms with Crippen LogP contribution in [-0.2, 0) is 16.9 Å². The number of pyridine rings is 1. The number of hydrogen-bond acceptors (Lipinski definition) is 8. The quantitative estimate of drug-likeness (QED) is 0.360. The Morgan fingerprint density at radius 2 is 1.95 bits per heavy atom. The molecule has 0 saturated carbocycles. The van der Waals surface area contributed by atoms with Gasteiger partial charge in [-0.05, 0) is 49.2 Å². The number of fused-ring (bicyclic) bond motifs is 3. The molecule has 1 amide bonds. The van der Waals surface area contributed by atoms with Gasteiger partial charge >= 0.3 is 0 Å². The maximum atomic E-state index is 13.9. The van der Waals surface area contributed by atoms with Crippen molar-refractivity contribution in [3.63, 3.8) is 0 Å². The smallest absolute Gasteiger partial charge is 0.252 e. The summed E-state index contributed by atoms with van der Waals surface area (Å²) in [5, 5.41) is 12.7. The topological polar surface area (TPSA) is 142 Å². The van der Waals surface area contributed by atoms with E-state index in [1.54, 1.807) is 42.4 Å². The molecule has 3 N–H and O–H groups in total. The molecule has 6 rings (SSSR count). The number of nitrogens with zero attached hydrogens (tertiary/aromatic N) is 7. The Morgan fingerprint density at radius 3 is 2.70 bits per heavy atom. The highest BCUT2D eigenvalue weighted by atomic mass is 16.3. The largest absolute Gasteiger partial charge is 0.461 e. The van der Waals surface area contributed by atoms with Crippen LogP contribution in [0.15, 0.2) is 77.7 Å². The fourth-order valence-electron chi connectivity index (χ4n) is 4.40. The number of carbonyl (C=O) groups is 1. The summed E-state index contributed by atoms with van der Waals surface area (Å²) in [6.45, 7) is 4.04. The summed E-state index contributed by atoms with van der Waals surface area (Å²) in [5.41, 5.74) is 8.45. The van der Waals surface area contributed by atoms with Gasteiger partial charge in [0.2, 0.25) is 11.8 Å². The Bertz CT molecular complexity index is 1740. The maximum Gasteiger partial charge on any atom is 0.252 e. The standard InChI is InChI=1S/C26H23N9O2/c1-16-10-11-28-18(13-16)14-29-24(36)26(2,17-7-4-3-5-8-17)35-23-19(15-30-35)22-31-21(20-9-6-12-37-20)33-34(22)25(27)32-23/h3-13,15H,14H2,1-2H3,(H2,27,32)(H,29,36). The first-order valence-corrected chi connectivity index (χ1v) is 11.6. The predicted octanol–water partition coefficient (Wildman–Crippen LogP) is 3.10. The number of nitrogen functional groups attached to an aromatic ring is 1. The van der Waals surface area contributed by atoms with Crippen LogP contribution >= 0.6 is 0 Å². The van der Waals surface area contributed by atoms with Gasteiger partial charge in [0.05, 0.1) is 30.1 Å². The number of rotatable bonds is 6. The lowest BCUT2D eigenvalue weighted by molar-refractivity contribution is -0.127. The summed E-state index contributed by atoms with van der Waals surface area (Å²) in [6.07, 6.45) is 4.89. The molecule has 0 aliphatic rings. The highest BCUT2D eigenvalue weighted by Gasteiger charge is 2.40. The van der Waals surface area contributed by atoms with Crippen LogP contribution in [0.1, 0.15) is 23.7 Å². The van der Waals surface area contributed by atoms with Crippen molar-refractivity contribution in [3.05, 3.63) is 90.1 Å². The minimum atomic E-state index is -1.26. The SMILES string of the molecule is Cc1ccnc(CNC(=O)C(C)(c2ccccc2)n2ncc3c2nc(N)n2nc(-c4ccco4)nc32)c1. The lowest BCUT2D eigenvalue weighted by Crippen LogP contribution is -2.48. The predicted molar refractivity (Wildman–Crippen MR) is 136 cm³/mol. The van der Waals surface area contributed by atoms with Gasteiger partial charge in [0.1, 0.15) is 0 Å². The number of anilines is 1. The van der Waals surface area contributed by atoms with Crippen LogP contribution in [0.2, 0.25) is 0 Å². The third-order valence-corrected chi connectivity index (χ3v) is 6.37. The van der Waals surface area contributed by atoms with E-state index >= 15 is 0 Å². The van der Waals surface area contributed by atoms with E-state index in [0.29, 0.717) is 28.3 Å². The molecule has 0 radical (unpaired) electrons. The molecule has 6 aromatic rings. The van der Waals surface area contributed by atoms with Crippen molar-refractivity contribution in [3.8, 4) is 11.6 Å². The average molecular weight is 494 g/mol. The molecule has 1 aromatic carbocycles. The molecule has 0 bridgehead atoms. The van der Waals surface area contributed by atoms with E-state index in [9.17, 15) is 4.79 Å². The number of nitrogens with one attached hydrogen (secondary N) is 1. The number of nitrogens with two attached hydrogens (primary N) is 1. The van der Waals surface area contributed by atoms with Crippen molar-refractivity contribution in [1.82, 2.24) is 39.7 Å². The van der Waals surface area contributed by atoms with E-state index in [1.807, 2.05) is 49.4 Å². The molecule has 0 aliphatic heterocycles. The Hall–Kier alpha value is -5.06. The van der Waals surface area contributed by atoms with Gasteiger partial charge in [0.25, 0.3) is 5.91 Å². The zero-order valence-electron chi connectivity index (χ0n) is 20.2. The van der Waals surface area contributed by atoms with E-state index in [0.717, 1.165) is 16.8 Å². The second-order valence-electron chi connectivity index (χ2n) is 8.86. The van der Waals surface area contributed by atoms with E-state index in [4.69, 9.17) is 10.2 Å². The summed E-state index contributed by atoms with van der Waals surface area (Å²) in [4.78, 5) is 27.4. The summed E-state index contributed by atoms with van der Waals surface area (Å²) >= 11 is 0. The first kappa shape index (κ1) is 22.4. The Balaban J connectivity index is 1.48. The van der Waals surface area contributed by atoms with Crippen LogP contribution in [-0.4, -0.2) is 40.3 Å². The number of carbonyl (C=O) groups excluding carboxylic acids is 1. The fraction of sp³-hybridized carbons (Fsp3) is 0.154. The molecule has 11 heteroatoms. The normalized spacial score (nSPS) is 13.1. The minimum Gasteiger partial charge on any atom is -0.461 e. The molecular weight excluding hydrogens is 470 g/mol. The Kier molecular flexibility index (Phi) is 5.18. The van der Waals surface area contributed by atoms with Gasteiger partial charge in [0, 0.05) is 6.20 Å². The second-order valence-corrected chi connectivity index (χ2v) is 8.86. The average Bonchev–Trinajstić information content (AvgIpc) is 3.67. The molecule has 0 spiro atoms. The summed E-state index contributed by atoms with van der Waals surface area (Å²) in [7, 11) is 0. The number of furan rings is 1. The minimum absolute atomic E-state index is 0.106. The lowest BCUT2D eigenvalue weighted by Gasteiger charge is -2.29. The molecular formula is C26H23N9O2. The molecule has 5 aromatic heterocycles. The molecule has 5 heterocycles. The lowest BCUT2D eigenvalue weighted by atomic mass is 9.91. The van der Waals surface area contributed by atoms with Crippen LogP contribution in [0, 0.1) is 6.92 Å². The van der Waals surface area contributed by atoms with Gasteiger partial charge in [0.15, 0.2) is 22.6 Å². The highest BCUT2D eigenvalue weighted by Crippen LogP contribution is 2.31. The Morgan fingerprint density at radius 1 is 1.11 bits per heavy atom. The van der Waals surface area contributed by atoms with Crippen molar-refractivity contribution in [1.29, 1.82) is 0 Å². The number of benzene rings is 1. The monoisotopic (exact) mass is 493 g/mol. The molecule has 0 saturated heterocycles. The van der Waals surface area contributed by atoms with Crippen LogP contribution in [0.25, 0.3) is 28.3 Å². The van der Waals surface area contributed by atoms with Crippen molar-refractivity contribution in [2.24, 2.45) is 0 Å². The van der Waals surface area contributed by atoms with Gasteiger partial charge in [-0.1, -0.05) is 30.3 Å². The van der Waals surface area contributed by atoms with Gasteiger partial charge in [-0.15, -0.1) is 5.10 Å². The fourth-order valence-corrected chi connectivity index (χ4v) is 4.40. The zero-order valence-corrected chi connectivity index (χ0v) is 20.2. The van der Waals surface area contributed by atoms with Gasteiger partial charge in [-0.25, -0.2) is 9.67 Å². The van der Waals surface area contributed by atoms with Gasteiger partial charge in [-0.2, -0.15) is 14.6 Å². The van der Waals surface area contributed by atoms with Crippen LogP contribution < -0.4 is 11.1 Å². The number of aromatic nitrogens is 7. The van der Waals surface area contributed by atoms with Crippen molar-refractivity contribution in [2.75, 3.05) is 5.73 Å². The van der Waals surface area contributed by atoms with E-state index < -0.39 is 5.54 Å². The molecule has 0 aliphatic carbocycles.